The van der Waals surface area contributed by atoms with Crippen LogP contribution < -0.4 is 5.32 Å². The summed E-state index contributed by atoms with van der Waals surface area (Å²) in [6.07, 6.45) is 3.62. The maximum Gasteiger partial charge on any atom is 0.157 e. The van der Waals surface area contributed by atoms with Gasteiger partial charge in [0.2, 0.25) is 0 Å². The van der Waals surface area contributed by atoms with Crippen LogP contribution in [-0.2, 0) is 13.0 Å². The van der Waals surface area contributed by atoms with Gasteiger partial charge in [0.25, 0.3) is 0 Å². The van der Waals surface area contributed by atoms with E-state index in [1.165, 1.54) is 24.0 Å². The fourth-order valence-electron chi connectivity index (χ4n) is 2.06. The molecule has 0 spiro atoms. The molecule has 2 nitrogen and oxygen atoms in total. The minimum Gasteiger partial charge on any atom is -0.361 e. The van der Waals surface area contributed by atoms with Crippen LogP contribution >= 0.6 is 11.8 Å². The summed E-state index contributed by atoms with van der Waals surface area (Å²) in [7, 11) is 0. The molecule has 3 heteroatoms. The third-order valence-corrected chi connectivity index (χ3v) is 4.42. The maximum absolute atomic E-state index is 4.55. The zero-order valence-corrected chi connectivity index (χ0v) is 12.1. The Labute approximate surface area is 114 Å². The van der Waals surface area contributed by atoms with Gasteiger partial charge < -0.3 is 5.32 Å². The molecule has 0 aliphatic carbocycles. The number of rotatable bonds is 5. The third kappa shape index (κ3) is 3.77. The zero-order chi connectivity index (χ0) is 12.8. The van der Waals surface area contributed by atoms with Crippen LogP contribution in [0.5, 0.6) is 0 Å². The lowest BCUT2D eigenvalue weighted by Gasteiger charge is -2.08. The number of amidine groups is 1. The monoisotopic (exact) mass is 262 g/mol. The Morgan fingerprint density at radius 1 is 1.22 bits per heavy atom. The molecule has 0 radical (unpaired) electrons. The highest BCUT2D eigenvalue weighted by molar-refractivity contribution is 8.14. The maximum atomic E-state index is 4.55. The second-order valence-corrected chi connectivity index (χ2v) is 5.99. The molecule has 0 saturated heterocycles. The molecule has 1 aliphatic heterocycles. The van der Waals surface area contributed by atoms with Crippen molar-refractivity contribution in [1.82, 2.24) is 5.32 Å². The van der Waals surface area contributed by atoms with Crippen molar-refractivity contribution in [3.8, 4) is 0 Å². The summed E-state index contributed by atoms with van der Waals surface area (Å²) in [6.45, 7) is 6.29. The fraction of sp³-hybridized carbons (Fsp3) is 0.533. The Balaban J connectivity index is 1.78. The lowest BCUT2D eigenvalue weighted by atomic mass is 10.1. The van der Waals surface area contributed by atoms with Crippen molar-refractivity contribution in [1.29, 1.82) is 0 Å². The first-order chi connectivity index (χ1) is 8.81. The molecular weight excluding hydrogens is 240 g/mol. The van der Waals surface area contributed by atoms with E-state index in [-0.39, 0.29) is 0 Å². The van der Waals surface area contributed by atoms with Crippen LogP contribution in [0.2, 0.25) is 0 Å². The van der Waals surface area contributed by atoms with Crippen LogP contribution in [0, 0.1) is 0 Å². The Morgan fingerprint density at radius 2 is 1.94 bits per heavy atom. The molecule has 0 aromatic heterocycles. The van der Waals surface area contributed by atoms with E-state index < -0.39 is 0 Å². The van der Waals surface area contributed by atoms with Crippen LogP contribution in [-0.4, -0.2) is 17.0 Å². The summed E-state index contributed by atoms with van der Waals surface area (Å²) in [5, 5.41) is 5.25. The number of hydrogen-bond acceptors (Lipinski definition) is 3. The summed E-state index contributed by atoms with van der Waals surface area (Å²) in [6, 6.07) is 8.83. The average molecular weight is 262 g/mol. The van der Waals surface area contributed by atoms with Gasteiger partial charge >= 0.3 is 0 Å². The number of benzene rings is 1. The molecular formula is C15H22N2S. The molecule has 0 saturated carbocycles. The van der Waals surface area contributed by atoms with Gasteiger partial charge in [-0.25, -0.2) is 0 Å². The largest absolute Gasteiger partial charge is 0.361 e. The smallest absolute Gasteiger partial charge is 0.157 e. The number of aliphatic imine (C=N–C) groups is 1. The lowest BCUT2D eigenvalue weighted by molar-refractivity contribution is 0.753. The lowest BCUT2D eigenvalue weighted by Crippen LogP contribution is -2.18. The van der Waals surface area contributed by atoms with Crippen molar-refractivity contribution in [2.75, 3.05) is 6.54 Å². The Hall–Kier alpha value is -0.960. The van der Waals surface area contributed by atoms with Gasteiger partial charge in [0.15, 0.2) is 5.17 Å². The van der Waals surface area contributed by atoms with E-state index in [1.54, 1.807) is 0 Å². The molecule has 1 aliphatic rings. The first-order valence-corrected chi connectivity index (χ1v) is 7.72. The van der Waals surface area contributed by atoms with E-state index >= 15 is 0 Å². The number of hydrogen-bond donors (Lipinski definition) is 1. The van der Waals surface area contributed by atoms with Gasteiger partial charge in [0.1, 0.15) is 0 Å². The van der Waals surface area contributed by atoms with Gasteiger partial charge in [-0.1, -0.05) is 56.3 Å². The van der Waals surface area contributed by atoms with Crippen molar-refractivity contribution in [2.45, 2.75) is 44.9 Å². The standard InChI is InChI=1S/C15H22N2S/c1-3-5-14-11-17-15(18-14)16-10-13-8-6-12(4-2)7-9-13/h6-9,14H,3-5,10-11H2,1-2H3,(H,16,17). The molecule has 0 amide bonds. The summed E-state index contributed by atoms with van der Waals surface area (Å²) in [5.41, 5.74) is 2.73. The Morgan fingerprint density at radius 3 is 2.61 bits per heavy atom. The normalized spacial score (nSPS) is 18.8. The van der Waals surface area contributed by atoms with Crippen LogP contribution in [0.15, 0.2) is 29.3 Å². The first kappa shape index (κ1) is 13.5. The molecule has 1 N–H and O–H groups in total. The van der Waals surface area contributed by atoms with E-state index in [9.17, 15) is 0 Å². The highest BCUT2D eigenvalue weighted by atomic mass is 32.2. The molecule has 1 unspecified atom stereocenters. The minimum absolute atomic E-state index is 0.694. The molecule has 1 heterocycles. The predicted octanol–water partition coefficient (Wildman–Crippen LogP) is 3.61. The molecule has 18 heavy (non-hydrogen) atoms. The summed E-state index contributed by atoms with van der Waals surface area (Å²) >= 11 is 1.90. The van der Waals surface area contributed by atoms with Crippen molar-refractivity contribution in [3.05, 3.63) is 35.4 Å². The molecule has 1 aromatic carbocycles. The van der Waals surface area contributed by atoms with Gasteiger partial charge in [0, 0.05) is 11.8 Å². The van der Waals surface area contributed by atoms with E-state index in [0.717, 1.165) is 24.7 Å². The molecule has 0 fully saturated rings. The van der Waals surface area contributed by atoms with Crippen LogP contribution in [0.1, 0.15) is 37.8 Å². The molecule has 1 atom stereocenters. The van der Waals surface area contributed by atoms with Gasteiger partial charge in [-0.2, -0.15) is 0 Å². The van der Waals surface area contributed by atoms with E-state index in [4.69, 9.17) is 0 Å². The van der Waals surface area contributed by atoms with Gasteiger partial charge in [-0.15, -0.1) is 0 Å². The number of nitrogens with zero attached hydrogens (tertiary/aromatic N) is 1. The van der Waals surface area contributed by atoms with E-state index in [1.807, 2.05) is 11.8 Å². The predicted molar refractivity (Wildman–Crippen MR) is 81.2 cm³/mol. The van der Waals surface area contributed by atoms with E-state index in [2.05, 4.69) is 48.4 Å². The Kier molecular flexibility index (Phi) is 5.12. The fourth-order valence-corrected chi connectivity index (χ4v) is 3.18. The minimum atomic E-state index is 0.694. The van der Waals surface area contributed by atoms with E-state index in [0.29, 0.717) is 5.25 Å². The summed E-state index contributed by atoms with van der Waals surface area (Å²) in [4.78, 5) is 4.55. The van der Waals surface area contributed by atoms with Crippen LogP contribution in [0.3, 0.4) is 0 Å². The summed E-state index contributed by atoms with van der Waals surface area (Å²) < 4.78 is 0. The topological polar surface area (TPSA) is 24.4 Å². The van der Waals surface area contributed by atoms with Gasteiger partial charge in [-0.3, -0.25) is 4.99 Å². The second kappa shape index (κ2) is 6.83. The second-order valence-electron chi connectivity index (χ2n) is 4.70. The third-order valence-electron chi connectivity index (χ3n) is 3.20. The van der Waals surface area contributed by atoms with Crippen molar-refractivity contribution in [2.24, 2.45) is 4.99 Å². The first-order valence-electron chi connectivity index (χ1n) is 6.84. The molecule has 2 rings (SSSR count). The quantitative estimate of drug-likeness (QED) is 0.876. The molecule has 0 bridgehead atoms. The van der Waals surface area contributed by atoms with Crippen LogP contribution in [0.4, 0.5) is 0 Å². The van der Waals surface area contributed by atoms with Crippen LogP contribution in [0.25, 0.3) is 0 Å². The SMILES string of the molecule is CCCC1CN=C(NCc2ccc(CC)cc2)S1. The zero-order valence-electron chi connectivity index (χ0n) is 11.3. The van der Waals surface area contributed by atoms with Gasteiger partial charge in [-0.05, 0) is 24.0 Å². The Bertz CT molecular complexity index is 397. The van der Waals surface area contributed by atoms with Crippen molar-refractivity contribution >= 4 is 16.9 Å². The highest BCUT2D eigenvalue weighted by Gasteiger charge is 2.17. The molecule has 1 aromatic rings. The molecule has 98 valence electrons. The number of nitrogens with one attached hydrogen (secondary N) is 1. The van der Waals surface area contributed by atoms with Crippen molar-refractivity contribution in [3.63, 3.8) is 0 Å². The number of aryl methyl sites for hydroxylation is 1. The highest BCUT2D eigenvalue weighted by Crippen LogP contribution is 2.23. The number of thioether (sulfide) groups is 1. The van der Waals surface area contributed by atoms with Crippen molar-refractivity contribution < 1.29 is 0 Å². The van der Waals surface area contributed by atoms with Gasteiger partial charge in [0.05, 0.1) is 6.54 Å². The summed E-state index contributed by atoms with van der Waals surface area (Å²) in [5.74, 6) is 0. The average Bonchev–Trinajstić information content (AvgIpc) is 2.85.